The van der Waals surface area contributed by atoms with Crippen LogP contribution in [-0.2, 0) is 30.4 Å². The highest BCUT2D eigenvalue weighted by Crippen LogP contribution is 2.29. The van der Waals surface area contributed by atoms with Crippen molar-refractivity contribution in [2.75, 3.05) is 6.54 Å². The number of nitrogens with zero attached hydrogens (tertiary/aromatic N) is 1. The van der Waals surface area contributed by atoms with Gasteiger partial charge in [0.15, 0.2) is 0 Å². The van der Waals surface area contributed by atoms with Crippen LogP contribution in [0.25, 0.3) is 10.9 Å². The molecule has 0 spiro atoms. The third kappa shape index (κ3) is 6.49. The fourth-order valence-electron chi connectivity index (χ4n) is 4.25. The first kappa shape index (κ1) is 25.8. The maximum absolute atomic E-state index is 13.4. The molecular formula is C28H26F3N3O3. The van der Waals surface area contributed by atoms with E-state index in [-0.39, 0.29) is 19.5 Å². The van der Waals surface area contributed by atoms with E-state index in [4.69, 9.17) is 0 Å². The van der Waals surface area contributed by atoms with Gasteiger partial charge in [0.2, 0.25) is 5.91 Å². The lowest BCUT2D eigenvalue weighted by Crippen LogP contribution is -2.51. The van der Waals surface area contributed by atoms with Gasteiger partial charge < -0.3 is 15.4 Å². The van der Waals surface area contributed by atoms with Crippen LogP contribution in [0, 0.1) is 0 Å². The van der Waals surface area contributed by atoms with Gasteiger partial charge >= 0.3 is 12.3 Å². The van der Waals surface area contributed by atoms with E-state index in [0.717, 1.165) is 39.1 Å². The zero-order valence-electron chi connectivity index (χ0n) is 19.8. The fraction of sp³-hybridized carbons (Fsp3) is 0.214. The summed E-state index contributed by atoms with van der Waals surface area (Å²) in [5, 5.41) is 13.6. The predicted octanol–water partition coefficient (Wildman–Crippen LogP) is 5.64. The number of alkyl halides is 3. The van der Waals surface area contributed by atoms with Crippen LogP contribution < -0.4 is 5.32 Å². The van der Waals surface area contributed by atoms with Gasteiger partial charge in [-0.15, -0.1) is 0 Å². The van der Waals surface area contributed by atoms with E-state index in [9.17, 15) is 27.9 Å². The van der Waals surface area contributed by atoms with Crippen LogP contribution in [0.4, 0.5) is 18.0 Å². The van der Waals surface area contributed by atoms with Crippen molar-refractivity contribution in [2.45, 2.75) is 31.6 Å². The number of fused-ring (bicyclic) bond motifs is 1. The van der Waals surface area contributed by atoms with Gasteiger partial charge in [-0.05, 0) is 41.3 Å². The van der Waals surface area contributed by atoms with Crippen LogP contribution in [0.2, 0.25) is 0 Å². The zero-order chi connectivity index (χ0) is 26.4. The predicted molar refractivity (Wildman–Crippen MR) is 134 cm³/mol. The van der Waals surface area contributed by atoms with Gasteiger partial charge in [0.25, 0.3) is 0 Å². The smallest absolute Gasteiger partial charge is 0.416 e. The number of carbonyl (C=O) groups excluding carboxylic acids is 1. The number of hydrogen-bond donors (Lipinski definition) is 3. The number of nitrogens with one attached hydrogen (secondary N) is 2. The summed E-state index contributed by atoms with van der Waals surface area (Å²) in [6.07, 6.45) is -3.37. The number of carboxylic acid groups (broad SMARTS) is 1. The molecule has 6 nitrogen and oxygen atoms in total. The molecule has 1 atom stereocenters. The van der Waals surface area contributed by atoms with E-state index in [1.54, 1.807) is 6.20 Å². The number of aromatic nitrogens is 1. The number of H-pyrrole nitrogens is 1. The van der Waals surface area contributed by atoms with Crippen molar-refractivity contribution in [1.82, 2.24) is 15.2 Å². The molecular weight excluding hydrogens is 483 g/mol. The number of para-hydroxylation sites is 1. The van der Waals surface area contributed by atoms with Crippen LogP contribution in [0.15, 0.2) is 85.1 Å². The van der Waals surface area contributed by atoms with E-state index in [2.05, 4.69) is 10.3 Å². The Morgan fingerprint density at radius 2 is 1.59 bits per heavy atom. The number of aromatic amines is 1. The first-order valence-electron chi connectivity index (χ1n) is 11.7. The van der Waals surface area contributed by atoms with E-state index in [0.29, 0.717) is 12.0 Å². The number of hydrogen-bond acceptors (Lipinski definition) is 2. The van der Waals surface area contributed by atoms with E-state index < -0.39 is 29.8 Å². The molecule has 0 saturated heterocycles. The van der Waals surface area contributed by atoms with E-state index in [1.165, 1.54) is 12.1 Å². The van der Waals surface area contributed by atoms with Crippen LogP contribution in [0.1, 0.15) is 22.3 Å². The van der Waals surface area contributed by atoms with Crippen molar-refractivity contribution in [1.29, 1.82) is 0 Å². The second-order valence-corrected chi connectivity index (χ2v) is 8.70. The van der Waals surface area contributed by atoms with Gasteiger partial charge in [0.05, 0.1) is 5.56 Å². The molecule has 0 aliphatic heterocycles. The number of benzene rings is 3. The zero-order valence-corrected chi connectivity index (χ0v) is 19.8. The third-order valence-electron chi connectivity index (χ3n) is 6.24. The standard InChI is InChI=1S/C28H26F3N3O3/c29-28(30,31)22-12-10-20(11-13-22)17-33-26(35)25(16-21-18-32-24-9-5-4-8-23(21)24)34(27(36)37)15-14-19-6-2-1-3-7-19/h1-13,18,25,32H,14-17H2,(H,33,35)(H,36,37)/t25-/m0/s1. The molecule has 37 heavy (non-hydrogen) atoms. The Labute approximate surface area is 211 Å². The molecule has 0 aliphatic carbocycles. The highest BCUT2D eigenvalue weighted by molar-refractivity contribution is 5.88. The van der Waals surface area contributed by atoms with Crippen molar-refractivity contribution in [3.8, 4) is 0 Å². The van der Waals surface area contributed by atoms with Gasteiger partial charge in [0, 0.05) is 36.6 Å². The van der Waals surface area contributed by atoms with Crippen LogP contribution in [0.5, 0.6) is 0 Å². The molecule has 192 valence electrons. The maximum atomic E-state index is 13.4. The summed E-state index contributed by atoms with van der Waals surface area (Å²) in [6, 6.07) is 20.3. The molecule has 3 N–H and O–H groups in total. The lowest BCUT2D eigenvalue weighted by Gasteiger charge is -2.29. The molecule has 0 radical (unpaired) electrons. The number of amides is 2. The Hall–Kier alpha value is -4.27. The Morgan fingerprint density at radius 3 is 2.27 bits per heavy atom. The Morgan fingerprint density at radius 1 is 0.919 bits per heavy atom. The minimum atomic E-state index is -4.45. The normalized spacial score (nSPS) is 12.3. The Balaban J connectivity index is 1.55. The van der Waals surface area contributed by atoms with Gasteiger partial charge in [-0.1, -0.05) is 60.7 Å². The summed E-state index contributed by atoms with van der Waals surface area (Å²) in [7, 11) is 0. The number of halogens is 3. The van der Waals surface area contributed by atoms with Crippen LogP contribution in [0.3, 0.4) is 0 Å². The summed E-state index contributed by atoms with van der Waals surface area (Å²) in [5.41, 5.74) is 2.28. The van der Waals surface area contributed by atoms with E-state index >= 15 is 0 Å². The highest BCUT2D eigenvalue weighted by Gasteiger charge is 2.31. The summed E-state index contributed by atoms with van der Waals surface area (Å²) in [4.78, 5) is 29.9. The lowest BCUT2D eigenvalue weighted by atomic mass is 10.0. The minimum absolute atomic E-state index is 0.0342. The molecule has 3 aromatic carbocycles. The third-order valence-corrected chi connectivity index (χ3v) is 6.24. The summed E-state index contributed by atoms with van der Waals surface area (Å²) >= 11 is 0. The molecule has 1 heterocycles. The van der Waals surface area contributed by atoms with E-state index in [1.807, 2.05) is 54.6 Å². The van der Waals surface area contributed by atoms with Crippen molar-refractivity contribution < 1.29 is 27.9 Å². The van der Waals surface area contributed by atoms with Gasteiger partial charge in [-0.25, -0.2) is 4.79 Å². The SMILES string of the molecule is O=C(NCc1ccc(C(F)(F)F)cc1)[C@H](Cc1c[nH]c2ccccc12)N(CCc1ccccc1)C(=O)O. The monoisotopic (exact) mass is 509 g/mol. The second-order valence-electron chi connectivity index (χ2n) is 8.70. The quantitative estimate of drug-likeness (QED) is 0.273. The summed E-state index contributed by atoms with van der Waals surface area (Å²) in [6.45, 7) is 0.0631. The lowest BCUT2D eigenvalue weighted by molar-refractivity contribution is -0.137. The highest BCUT2D eigenvalue weighted by atomic mass is 19.4. The van der Waals surface area contributed by atoms with Crippen molar-refractivity contribution in [3.05, 3.63) is 107 Å². The molecule has 9 heteroatoms. The van der Waals surface area contributed by atoms with Crippen molar-refractivity contribution in [3.63, 3.8) is 0 Å². The van der Waals surface area contributed by atoms with Crippen molar-refractivity contribution in [2.24, 2.45) is 0 Å². The second kappa shape index (κ2) is 11.2. The molecule has 4 aromatic rings. The number of carbonyl (C=O) groups is 2. The number of rotatable bonds is 9. The molecule has 0 fully saturated rings. The molecule has 0 aliphatic rings. The van der Waals surface area contributed by atoms with Gasteiger partial charge in [-0.3, -0.25) is 9.69 Å². The maximum Gasteiger partial charge on any atom is 0.416 e. The largest absolute Gasteiger partial charge is 0.465 e. The summed E-state index contributed by atoms with van der Waals surface area (Å²) < 4.78 is 38.6. The average Bonchev–Trinajstić information content (AvgIpc) is 3.29. The van der Waals surface area contributed by atoms with Crippen LogP contribution in [-0.4, -0.2) is 39.6 Å². The minimum Gasteiger partial charge on any atom is -0.465 e. The Kier molecular flexibility index (Phi) is 7.81. The first-order valence-corrected chi connectivity index (χ1v) is 11.7. The first-order chi connectivity index (χ1) is 17.7. The van der Waals surface area contributed by atoms with Crippen molar-refractivity contribution >= 4 is 22.9 Å². The summed E-state index contributed by atoms with van der Waals surface area (Å²) in [5.74, 6) is -0.527. The molecule has 0 saturated carbocycles. The van der Waals surface area contributed by atoms with Gasteiger partial charge in [0.1, 0.15) is 6.04 Å². The topological polar surface area (TPSA) is 85.4 Å². The molecule has 1 aromatic heterocycles. The molecule has 2 amide bonds. The van der Waals surface area contributed by atoms with Crippen LogP contribution >= 0.6 is 0 Å². The van der Waals surface area contributed by atoms with Gasteiger partial charge in [-0.2, -0.15) is 13.2 Å². The molecule has 0 unspecified atom stereocenters. The Bertz CT molecular complexity index is 1350. The molecule has 0 bridgehead atoms. The fourth-order valence-corrected chi connectivity index (χ4v) is 4.25. The average molecular weight is 510 g/mol. The molecule has 4 rings (SSSR count).